The smallest absolute Gasteiger partial charge is 0.416 e. The number of sulfonamides is 1. The Morgan fingerprint density at radius 2 is 1.65 bits per heavy atom. The zero-order chi connectivity index (χ0) is 24.7. The minimum Gasteiger partial charge on any atom is -0.492 e. The van der Waals surface area contributed by atoms with Crippen molar-refractivity contribution >= 4 is 37.3 Å². The Hall–Kier alpha value is -2.21. The molecule has 0 radical (unpaired) electrons. The molecule has 0 bridgehead atoms. The van der Waals surface area contributed by atoms with Crippen molar-refractivity contribution in [3.8, 4) is 5.75 Å². The van der Waals surface area contributed by atoms with E-state index in [2.05, 4.69) is 20.8 Å². The largest absolute Gasteiger partial charge is 0.492 e. The number of carbonyl (C=O) groups excluding carboxylic acids is 1. The van der Waals surface area contributed by atoms with Crippen molar-refractivity contribution in [1.29, 1.82) is 0 Å². The van der Waals surface area contributed by atoms with Crippen LogP contribution in [0.1, 0.15) is 27.0 Å². The Kier molecular flexibility index (Phi) is 6.92. The van der Waals surface area contributed by atoms with E-state index >= 15 is 0 Å². The molecule has 1 heterocycles. The third-order valence-electron chi connectivity index (χ3n) is 5.90. The number of ketones is 1. The summed E-state index contributed by atoms with van der Waals surface area (Å²) in [6, 6.07) is 9.80. The van der Waals surface area contributed by atoms with Gasteiger partial charge in [-0.2, -0.15) is 17.5 Å². The van der Waals surface area contributed by atoms with Gasteiger partial charge in [-0.3, -0.25) is 9.69 Å². The quantitative estimate of drug-likeness (QED) is 0.536. The second-order valence-corrected chi connectivity index (χ2v) is 10.9. The summed E-state index contributed by atoms with van der Waals surface area (Å²) in [5, 5.41) is 0. The molecular formula is C23H22BrF3N2O4S. The summed E-state index contributed by atoms with van der Waals surface area (Å²) < 4.78 is 69.4. The van der Waals surface area contributed by atoms with Crippen LogP contribution < -0.4 is 4.74 Å². The Labute approximate surface area is 204 Å². The number of fused-ring (bicyclic) bond motifs is 1. The number of hydrogen-bond donors (Lipinski definition) is 0. The lowest BCUT2D eigenvalue weighted by molar-refractivity contribution is -0.137. The Balaban J connectivity index is 1.41. The average molecular weight is 559 g/mol. The number of Topliss-reactive ketones (excluding diaryl/α,β-unsaturated/α-hetero) is 1. The third-order valence-corrected chi connectivity index (χ3v) is 7.96. The van der Waals surface area contributed by atoms with Gasteiger partial charge < -0.3 is 4.74 Å². The summed E-state index contributed by atoms with van der Waals surface area (Å²) in [5.74, 6) is 0.253. The normalized spacial score (nSPS) is 17.9. The summed E-state index contributed by atoms with van der Waals surface area (Å²) >= 11 is 3.31. The number of ether oxygens (including phenoxy) is 1. The van der Waals surface area contributed by atoms with Crippen LogP contribution in [0.2, 0.25) is 0 Å². The fourth-order valence-corrected chi connectivity index (χ4v) is 5.54. The second kappa shape index (κ2) is 9.44. The highest BCUT2D eigenvalue weighted by atomic mass is 79.9. The molecule has 0 aromatic heterocycles. The predicted molar refractivity (Wildman–Crippen MR) is 126 cm³/mol. The predicted octanol–water partition coefficient (Wildman–Crippen LogP) is 4.01. The number of benzene rings is 2. The molecule has 2 aliphatic rings. The van der Waals surface area contributed by atoms with Gasteiger partial charge in [0.1, 0.15) is 12.4 Å². The fourth-order valence-electron chi connectivity index (χ4n) is 4.05. The van der Waals surface area contributed by atoms with Crippen LogP contribution >= 0.6 is 15.9 Å². The van der Waals surface area contributed by atoms with Gasteiger partial charge in [0.15, 0.2) is 0 Å². The molecule has 2 aromatic carbocycles. The van der Waals surface area contributed by atoms with E-state index in [1.807, 2.05) is 0 Å². The molecule has 0 unspecified atom stereocenters. The lowest BCUT2D eigenvalue weighted by atomic mass is 9.98. The maximum Gasteiger partial charge on any atom is 0.416 e. The van der Waals surface area contributed by atoms with E-state index in [4.69, 9.17) is 4.74 Å². The molecule has 1 fully saturated rings. The zero-order valence-electron chi connectivity index (χ0n) is 18.2. The first-order valence-corrected chi connectivity index (χ1v) is 13.2. The summed E-state index contributed by atoms with van der Waals surface area (Å²) in [5.41, 5.74) is 1.35. The number of alkyl halides is 3. The van der Waals surface area contributed by atoms with Crippen molar-refractivity contribution < 1.29 is 31.1 Å². The molecule has 1 aliphatic heterocycles. The van der Waals surface area contributed by atoms with Crippen LogP contribution in [0.25, 0.3) is 5.57 Å². The highest BCUT2D eigenvalue weighted by Gasteiger charge is 2.32. The Morgan fingerprint density at radius 1 is 1.00 bits per heavy atom. The van der Waals surface area contributed by atoms with Crippen molar-refractivity contribution in [1.82, 2.24) is 9.21 Å². The van der Waals surface area contributed by atoms with Gasteiger partial charge in [-0.05, 0) is 57.4 Å². The lowest BCUT2D eigenvalue weighted by Crippen LogP contribution is -2.49. The zero-order valence-corrected chi connectivity index (χ0v) is 20.6. The van der Waals surface area contributed by atoms with Gasteiger partial charge in [0.25, 0.3) is 0 Å². The molecule has 0 amide bonds. The van der Waals surface area contributed by atoms with Crippen molar-refractivity contribution in [2.24, 2.45) is 0 Å². The van der Waals surface area contributed by atoms with Gasteiger partial charge >= 0.3 is 6.18 Å². The fraction of sp³-hybridized carbons (Fsp3) is 0.348. The highest BCUT2D eigenvalue weighted by Crippen LogP contribution is 2.42. The van der Waals surface area contributed by atoms with Gasteiger partial charge in [0.2, 0.25) is 15.8 Å². The first-order chi connectivity index (χ1) is 15.9. The van der Waals surface area contributed by atoms with Gasteiger partial charge in [-0.1, -0.05) is 12.1 Å². The summed E-state index contributed by atoms with van der Waals surface area (Å²) in [6.07, 6.45) is -3.22. The molecule has 2 aromatic rings. The van der Waals surface area contributed by atoms with E-state index < -0.39 is 21.8 Å². The van der Waals surface area contributed by atoms with E-state index in [1.165, 1.54) is 22.7 Å². The first-order valence-electron chi connectivity index (χ1n) is 10.5. The number of halogens is 4. The molecule has 4 rings (SSSR count). The maximum absolute atomic E-state index is 12.9. The number of rotatable bonds is 6. The van der Waals surface area contributed by atoms with Crippen LogP contribution in [0, 0.1) is 0 Å². The van der Waals surface area contributed by atoms with Gasteiger partial charge in [0.05, 0.1) is 16.3 Å². The SMILES string of the molecule is CS(=O)(=O)N1CCN(CCOc2ccc3c(c2)C(=O)C(Br)=C3c2ccc(C(F)(F)F)cc2)CC1. The monoisotopic (exact) mass is 558 g/mol. The topological polar surface area (TPSA) is 66.9 Å². The third kappa shape index (κ3) is 5.22. The second-order valence-electron chi connectivity index (χ2n) is 8.15. The van der Waals surface area contributed by atoms with E-state index in [9.17, 15) is 26.4 Å². The standard InChI is InChI=1S/C23H22BrF3N2O4S/c1-34(31,32)29-10-8-28(9-11-29)12-13-33-17-6-7-18-19(14-17)22(30)21(24)20(18)15-2-4-16(5-3-15)23(25,26)27/h2-7,14H,8-13H2,1H3. The summed E-state index contributed by atoms with van der Waals surface area (Å²) in [4.78, 5) is 14.9. The Bertz CT molecular complexity index is 1240. The molecule has 0 N–H and O–H groups in total. The van der Waals surface area contributed by atoms with E-state index in [1.54, 1.807) is 18.2 Å². The highest BCUT2D eigenvalue weighted by molar-refractivity contribution is 9.12. The van der Waals surface area contributed by atoms with E-state index in [0.29, 0.717) is 71.8 Å². The van der Waals surface area contributed by atoms with E-state index in [0.717, 1.165) is 12.1 Å². The van der Waals surface area contributed by atoms with E-state index in [-0.39, 0.29) is 5.78 Å². The van der Waals surface area contributed by atoms with Crippen molar-refractivity contribution in [2.45, 2.75) is 6.18 Å². The van der Waals surface area contributed by atoms with Crippen LogP contribution in [0.3, 0.4) is 0 Å². The number of allylic oxidation sites excluding steroid dienone is 1. The molecule has 1 aliphatic carbocycles. The summed E-state index contributed by atoms with van der Waals surface area (Å²) in [6.45, 7) is 3.10. The van der Waals surface area contributed by atoms with Crippen LogP contribution in [-0.2, 0) is 16.2 Å². The molecular weight excluding hydrogens is 537 g/mol. The molecule has 6 nitrogen and oxygen atoms in total. The Morgan fingerprint density at radius 3 is 2.24 bits per heavy atom. The van der Waals surface area contributed by atoms with Crippen LogP contribution in [0.4, 0.5) is 13.2 Å². The lowest BCUT2D eigenvalue weighted by Gasteiger charge is -2.33. The van der Waals surface area contributed by atoms with Gasteiger partial charge in [0, 0.05) is 43.9 Å². The number of nitrogens with zero attached hydrogens (tertiary/aromatic N) is 2. The summed E-state index contributed by atoms with van der Waals surface area (Å²) in [7, 11) is -3.18. The number of carbonyl (C=O) groups is 1. The molecule has 1 saturated heterocycles. The van der Waals surface area contributed by atoms with Crippen molar-refractivity contribution in [2.75, 3.05) is 45.6 Å². The van der Waals surface area contributed by atoms with Crippen LogP contribution in [0.5, 0.6) is 5.75 Å². The van der Waals surface area contributed by atoms with Gasteiger partial charge in [-0.25, -0.2) is 8.42 Å². The van der Waals surface area contributed by atoms with Gasteiger partial charge in [-0.15, -0.1) is 0 Å². The van der Waals surface area contributed by atoms with Crippen molar-refractivity contribution in [3.63, 3.8) is 0 Å². The van der Waals surface area contributed by atoms with Crippen LogP contribution in [-0.4, -0.2) is 69.0 Å². The molecule has 11 heteroatoms. The molecule has 182 valence electrons. The average Bonchev–Trinajstić information content (AvgIpc) is 3.03. The minimum atomic E-state index is -4.43. The first kappa shape index (κ1) is 24.9. The molecule has 0 atom stereocenters. The van der Waals surface area contributed by atoms with Crippen LogP contribution in [0.15, 0.2) is 46.9 Å². The molecule has 34 heavy (non-hydrogen) atoms. The molecule has 0 spiro atoms. The number of hydrogen-bond acceptors (Lipinski definition) is 5. The maximum atomic E-state index is 12.9. The number of piperazine rings is 1. The molecule has 0 saturated carbocycles. The minimum absolute atomic E-state index is 0.257. The van der Waals surface area contributed by atoms with Crippen molar-refractivity contribution in [3.05, 3.63) is 69.2 Å².